The Morgan fingerprint density at radius 3 is 1.27 bits per heavy atom. The van der Waals surface area contributed by atoms with E-state index in [4.69, 9.17) is 32.7 Å². The minimum Gasteiger partial charge on any atom is -0.489 e. The molecule has 0 saturated heterocycles. The molecule has 438 valence electrons. The van der Waals surface area contributed by atoms with Crippen LogP contribution in [-0.2, 0) is 19.2 Å². The van der Waals surface area contributed by atoms with Gasteiger partial charge >= 0.3 is 18.1 Å². The van der Waals surface area contributed by atoms with Crippen LogP contribution in [0.15, 0.2) is 41.4 Å². The highest BCUT2D eigenvalue weighted by molar-refractivity contribution is 6.32. The number of isocyanates is 1. The number of alkyl halides is 3. The van der Waals surface area contributed by atoms with Crippen molar-refractivity contribution >= 4 is 64.8 Å². The predicted molar refractivity (Wildman–Crippen MR) is 299 cm³/mol. The number of ether oxygens (including phenoxy) is 2. The van der Waals surface area contributed by atoms with Gasteiger partial charge in [0, 0.05) is 42.8 Å². The molecule has 0 bridgehead atoms. The molecule has 77 heavy (non-hydrogen) atoms. The van der Waals surface area contributed by atoms with Crippen LogP contribution in [0.5, 0.6) is 11.5 Å². The number of hydrogen-bond donors (Lipinski definition) is 7. The summed E-state index contributed by atoms with van der Waals surface area (Å²) < 4.78 is 48.5. The minimum absolute atomic E-state index is 0. The van der Waals surface area contributed by atoms with Crippen LogP contribution < -0.4 is 46.7 Å². The topological polar surface area (TPSA) is 235 Å². The number of likely N-dealkylation sites (N-methyl/N-ethyl adjacent to an activating group) is 2. The molecule has 2 saturated carbocycles. The van der Waals surface area contributed by atoms with Crippen LogP contribution in [0.25, 0.3) is 0 Å². The van der Waals surface area contributed by atoms with Gasteiger partial charge in [0.15, 0.2) is 0 Å². The molecule has 2 unspecified atom stereocenters. The fraction of sp³-hybridized carbons (Fsp3) is 0.655. The number of aliphatic imine (C=N–C) groups is 1. The number of rotatable bonds is 16. The highest BCUT2D eigenvalue weighted by atomic mass is 35.5. The van der Waals surface area contributed by atoms with Crippen molar-refractivity contribution < 1.29 is 56.2 Å². The summed E-state index contributed by atoms with van der Waals surface area (Å²) in [6, 6.07) is 7.37. The maximum absolute atomic E-state index is 12.8. The molecule has 2 aliphatic carbocycles. The summed E-state index contributed by atoms with van der Waals surface area (Å²) in [5.74, 6) is -2.14. The second kappa shape index (κ2) is 34.3. The number of benzene rings is 2. The van der Waals surface area contributed by atoms with Gasteiger partial charge in [0.05, 0.1) is 27.8 Å². The zero-order valence-corrected chi connectivity index (χ0v) is 46.2. The second-order valence-corrected chi connectivity index (χ2v) is 21.8. The van der Waals surface area contributed by atoms with Crippen molar-refractivity contribution in [2.45, 2.75) is 209 Å². The van der Waals surface area contributed by atoms with Gasteiger partial charge in [-0.15, -0.1) is 0 Å². The smallest absolute Gasteiger partial charge is 0.471 e. The summed E-state index contributed by atoms with van der Waals surface area (Å²) in [6.07, 6.45) is 2.53. The summed E-state index contributed by atoms with van der Waals surface area (Å²) >= 11 is 12.5. The molecule has 0 heterocycles. The molecule has 22 heteroatoms. The Bertz CT molecular complexity index is 2230. The molecule has 0 aromatic heterocycles. The molecule has 7 amide bonds. The summed E-state index contributed by atoms with van der Waals surface area (Å²) in [7, 11) is 3.02. The molecule has 2 aliphatic rings. The van der Waals surface area contributed by atoms with Gasteiger partial charge in [0.1, 0.15) is 23.6 Å². The molecule has 7 N–H and O–H groups in total. The molecule has 2 atom stereocenters. The van der Waals surface area contributed by atoms with Gasteiger partial charge < -0.3 is 46.7 Å². The first-order valence-corrected chi connectivity index (χ1v) is 25.6. The third kappa shape index (κ3) is 28.6. The van der Waals surface area contributed by atoms with Gasteiger partial charge in [0.25, 0.3) is 11.8 Å². The molecule has 2 fully saturated rings. The lowest BCUT2D eigenvalue weighted by molar-refractivity contribution is -0.174. The maximum Gasteiger partial charge on any atom is 0.471 e. The van der Waals surface area contributed by atoms with E-state index in [1.807, 2.05) is 74.6 Å². The Hall–Kier alpha value is -5.59. The number of carbonyl (C=O) groups excluding carboxylic acids is 7. The van der Waals surface area contributed by atoms with Crippen molar-refractivity contribution in [3.05, 3.63) is 57.6 Å². The fourth-order valence-corrected chi connectivity index (χ4v) is 8.45. The predicted octanol–water partition coefficient (Wildman–Crippen LogP) is 10.6. The number of nitrogens with zero attached hydrogens (tertiary/aromatic N) is 1. The molecule has 2 aromatic rings. The van der Waals surface area contributed by atoms with Crippen molar-refractivity contribution in [1.82, 2.24) is 37.2 Å². The lowest BCUT2D eigenvalue weighted by Gasteiger charge is -2.32. The average Bonchev–Trinajstić information content (AvgIpc) is 3.29. The first-order valence-electron chi connectivity index (χ1n) is 24.9. The number of urea groups is 1. The average molecular weight is 1130 g/mol. The van der Waals surface area contributed by atoms with Crippen LogP contribution in [0.4, 0.5) is 18.0 Å². The van der Waals surface area contributed by atoms with Gasteiger partial charge in [-0.05, 0) is 182 Å². The number of nitrogens with one attached hydrogen (secondary N) is 7. The molecule has 0 radical (unpaired) electrons. The molecule has 4 rings (SSSR count). The number of halogens is 5. The van der Waals surface area contributed by atoms with Crippen LogP contribution in [0.3, 0.4) is 0 Å². The highest BCUT2D eigenvalue weighted by Gasteiger charge is 2.40. The summed E-state index contributed by atoms with van der Waals surface area (Å²) in [6.45, 7) is 18.9. The van der Waals surface area contributed by atoms with Gasteiger partial charge in [-0.2, -0.15) is 13.2 Å². The van der Waals surface area contributed by atoms with Gasteiger partial charge in [-0.25, -0.2) is 14.6 Å². The van der Waals surface area contributed by atoms with Gasteiger partial charge in [-0.1, -0.05) is 45.5 Å². The van der Waals surface area contributed by atoms with E-state index < -0.39 is 36.1 Å². The Balaban J connectivity index is 0. The zero-order chi connectivity index (χ0) is 56.1. The first kappa shape index (κ1) is 73.5. The first-order chi connectivity index (χ1) is 34.3. The Kier molecular flexibility index (Phi) is 32.8. The van der Waals surface area contributed by atoms with Crippen molar-refractivity contribution in [2.24, 2.45) is 16.8 Å². The highest BCUT2D eigenvalue weighted by Crippen LogP contribution is 2.32. The molecule has 2 aromatic carbocycles. The van der Waals surface area contributed by atoms with Gasteiger partial charge in [0.2, 0.25) is 17.9 Å². The summed E-state index contributed by atoms with van der Waals surface area (Å²) in [5.41, 5.74) is 0.102. The molecular formula is C55H89Cl2F3N8O9. The summed E-state index contributed by atoms with van der Waals surface area (Å²) in [5, 5.41) is 19.3. The largest absolute Gasteiger partial charge is 0.489 e. The van der Waals surface area contributed by atoms with E-state index in [0.29, 0.717) is 60.6 Å². The van der Waals surface area contributed by atoms with Crippen LogP contribution in [0.1, 0.15) is 176 Å². The van der Waals surface area contributed by atoms with Crippen LogP contribution >= 0.6 is 23.2 Å². The van der Waals surface area contributed by atoms with E-state index in [-0.39, 0.29) is 97.8 Å². The molecular weight excluding hydrogens is 1040 g/mol. The van der Waals surface area contributed by atoms with Crippen LogP contribution in [0.2, 0.25) is 10.0 Å². The number of carbonyl (C=O) groups is 6. The van der Waals surface area contributed by atoms with E-state index in [9.17, 15) is 46.7 Å². The third-order valence-electron chi connectivity index (χ3n) is 11.5. The molecule has 0 aliphatic heterocycles. The second-order valence-electron chi connectivity index (χ2n) is 21.0. The van der Waals surface area contributed by atoms with E-state index >= 15 is 0 Å². The van der Waals surface area contributed by atoms with Crippen LogP contribution in [0, 0.1) is 11.8 Å². The SMILES string of the molecule is C.C.C.CC(C)(C)N=C=O.CNC(=O)C(CC1CCC(NC(=O)C(F)(F)F)CC1)NC(=O)c1ccc(OC(C)C)c(Cl)c1.CNC(=O)C(CC1CCC(NC(=O)NC(C)(C)C)CC1)NC(=O)c1ccc(OC(C)C)c(Cl)c1. The summed E-state index contributed by atoms with van der Waals surface area (Å²) in [4.78, 5) is 86.7. The third-order valence-corrected chi connectivity index (χ3v) is 12.1. The quantitative estimate of drug-likeness (QED) is 0.0625. The molecule has 0 spiro atoms. The Morgan fingerprint density at radius 2 is 1.00 bits per heavy atom. The van der Waals surface area contributed by atoms with E-state index in [1.165, 1.54) is 19.2 Å². The van der Waals surface area contributed by atoms with Crippen molar-refractivity contribution in [1.29, 1.82) is 0 Å². The standard InChI is InChI=1S/C25H39ClN4O4.C22H29ClF3N3O4.C5H9NO.3CH4/c1-15(2)34-21-12-9-17(14-19(21)26)22(31)29-20(23(32)27-6)13-16-7-10-18(11-8-16)28-24(33)30-25(3,4)5;1-12(2)33-18-9-6-14(11-16(18)23)19(30)29-17(20(31)27-3)10-13-4-7-15(8-5-13)28-21(32)22(24,25)26;1-5(2,3)6-4-7;;;/h9,12,14-16,18,20H,7-8,10-11,13H2,1-6H3,(H,27,32)(H,29,31)(H2,28,30,33);6,9,11-13,15,17H,4-5,7-8,10H2,1-3H3,(H,27,31)(H,28,32)(H,29,30);1-3H3;3*1H4. The normalized spacial score (nSPS) is 17.8. The monoisotopic (exact) mass is 1130 g/mol. The molecule has 17 nitrogen and oxygen atoms in total. The van der Waals surface area contributed by atoms with Crippen molar-refractivity contribution in [3.63, 3.8) is 0 Å². The van der Waals surface area contributed by atoms with Crippen molar-refractivity contribution in [2.75, 3.05) is 14.1 Å². The minimum atomic E-state index is -4.91. The lowest BCUT2D eigenvalue weighted by Crippen LogP contribution is -2.50. The fourth-order valence-electron chi connectivity index (χ4n) is 8.00. The van der Waals surface area contributed by atoms with E-state index in [2.05, 4.69) is 36.9 Å². The van der Waals surface area contributed by atoms with Crippen molar-refractivity contribution in [3.8, 4) is 11.5 Å². The number of hydrogen-bond acceptors (Lipinski definition) is 10. The van der Waals surface area contributed by atoms with Gasteiger partial charge in [-0.3, -0.25) is 24.0 Å². The van der Waals surface area contributed by atoms with E-state index in [1.54, 1.807) is 37.4 Å². The lowest BCUT2D eigenvalue weighted by atomic mass is 9.82. The van der Waals surface area contributed by atoms with Crippen LogP contribution in [-0.4, -0.2) is 109 Å². The number of amides is 7. The zero-order valence-electron chi connectivity index (χ0n) is 44.7. The Morgan fingerprint density at radius 1 is 0.636 bits per heavy atom. The Labute approximate surface area is 465 Å². The van der Waals surface area contributed by atoms with E-state index in [0.717, 1.165) is 25.7 Å². The maximum atomic E-state index is 12.8.